The van der Waals surface area contributed by atoms with E-state index in [-0.39, 0.29) is 6.04 Å². The Morgan fingerprint density at radius 3 is 2.44 bits per heavy atom. The van der Waals surface area contributed by atoms with Gasteiger partial charge < -0.3 is 15.4 Å². The molecule has 0 aliphatic heterocycles. The maximum atomic E-state index is 13.4. The number of esters is 1. The molecule has 136 valence electrons. The van der Waals surface area contributed by atoms with Crippen molar-refractivity contribution >= 4 is 23.8 Å². The first-order valence-corrected chi connectivity index (χ1v) is 7.18. The molecule has 1 aromatic rings. The van der Waals surface area contributed by atoms with Gasteiger partial charge in [-0.2, -0.15) is 0 Å². The zero-order valence-electron chi connectivity index (χ0n) is 13.5. The molecule has 0 spiro atoms. The molecule has 0 fully saturated rings. The lowest BCUT2D eigenvalue weighted by atomic mass is 10.2. The third kappa shape index (κ3) is 7.38. The van der Waals surface area contributed by atoms with Crippen LogP contribution in [0.2, 0.25) is 0 Å². The number of carbonyl (C=O) groups is 4. The maximum Gasteiger partial charge on any atom is 0.325 e. The van der Waals surface area contributed by atoms with Crippen molar-refractivity contribution in [1.82, 2.24) is 16.0 Å². The Hall–Kier alpha value is -3.04. The van der Waals surface area contributed by atoms with E-state index < -0.39 is 54.2 Å². The first-order valence-electron chi connectivity index (χ1n) is 7.18. The summed E-state index contributed by atoms with van der Waals surface area (Å²) in [6, 6.07) is 1.42. The molecule has 0 aliphatic carbocycles. The summed E-state index contributed by atoms with van der Waals surface area (Å²) in [6.07, 6.45) is 0. The smallest absolute Gasteiger partial charge is 0.325 e. The third-order valence-corrected chi connectivity index (χ3v) is 2.61. The number of ether oxygens (including phenoxy) is 1. The van der Waals surface area contributed by atoms with Crippen LogP contribution in [-0.2, 0) is 14.3 Å². The molecule has 8 nitrogen and oxygen atoms in total. The molecule has 25 heavy (non-hydrogen) atoms. The van der Waals surface area contributed by atoms with Gasteiger partial charge in [-0.25, -0.2) is 13.6 Å². The van der Waals surface area contributed by atoms with E-state index in [9.17, 15) is 28.0 Å². The van der Waals surface area contributed by atoms with Gasteiger partial charge in [-0.3, -0.25) is 19.7 Å². The molecule has 0 aliphatic rings. The molecule has 0 atom stereocenters. The summed E-state index contributed by atoms with van der Waals surface area (Å²) in [5.41, 5.74) is -0.447. The number of urea groups is 1. The Bertz CT molecular complexity index is 679. The number of amides is 4. The molecule has 4 amide bonds. The predicted octanol–water partition coefficient (Wildman–Crippen LogP) is 0.472. The number of nitrogens with one attached hydrogen (secondary N) is 3. The second-order valence-corrected chi connectivity index (χ2v) is 5.14. The molecular formula is C15H17F2N3O5. The highest BCUT2D eigenvalue weighted by Crippen LogP contribution is 2.09. The van der Waals surface area contributed by atoms with Crippen LogP contribution in [0, 0.1) is 11.6 Å². The van der Waals surface area contributed by atoms with Gasteiger partial charge in [-0.1, -0.05) is 0 Å². The van der Waals surface area contributed by atoms with E-state index in [4.69, 9.17) is 0 Å². The lowest BCUT2D eigenvalue weighted by Crippen LogP contribution is -2.44. The van der Waals surface area contributed by atoms with E-state index in [1.807, 2.05) is 5.32 Å². The summed E-state index contributed by atoms with van der Waals surface area (Å²) in [5.74, 6) is -4.71. The van der Waals surface area contributed by atoms with Crippen LogP contribution >= 0.6 is 0 Å². The second-order valence-electron chi connectivity index (χ2n) is 5.14. The van der Waals surface area contributed by atoms with E-state index in [0.29, 0.717) is 6.07 Å². The quantitative estimate of drug-likeness (QED) is 0.641. The summed E-state index contributed by atoms with van der Waals surface area (Å²) in [6.45, 7) is 2.01. The Morgan fingerprint density at radius 1 is 1.16 bits per heavy atom. The van der Waals surface area contributed by atoms with Crippen LogP contribution in [0.25, 0.3) is 0 Å². The minimum Gasteiger partial charge on any atom is -0.454 e. The zero-order valence-corrected chi connectivity index (χ0v) is 13.5. The summed E-state index contributed by atoms with van der Waals surface area (Å²) in [7, 11) is 0. The van der Waals surface area contributed by atoms with Crippen LogP contribution < -0.4 is 16.0 Å². The van der Waals surface area contributed by atoms with Crippen LogP contribution in [0.5, 0.6) is 0 Å². The van der Waals surface area contributed by atoms with E-state index in [2.05, 4.69) is 15.4 Å². The van der Waals surface area contributed by atoms with Gasteiger partial charge in [-0.05, 0) is 26.0 Å². The van der Waals surface area contributed by atoms with Crippen molar-refractivity contribution in [1.29, 1.82) is 0 Å². The molecule has 0 bridgehead atoms. The highest BCUT2D eigenvalue weighted by molar-refractivity contribution is 5.97. The topological polar surface area (TPSA) is 114 Å². The van der Waals surface area contributed by atoms with Gasteiger partial charge in [0.1, 0.15) is 18.2 Å². The number of rotatable bonds is 6. The van der Waals surface area contributed by atoms with Crippen molar-refractivity contribution in [3.05, 3.63) is 35.4 Å². The van der Waals surface area contributed by atoms with Gasteiger partial charge in [0.15, 0.2) is 6.61 Å². The highest BCUT2D eigenvalue weighted by atomic mass is 19.1. The van der Waals surface area contributed by atoms with E-state index in [1.165, 1.54) is 0 Å². The minimum absolute atomic E-state index is 0.183. The minimum atomic E-state index is -1.08. The number of imide groups is 1. The average Bonchev–Trinajstić information content (AvgIpc) is 2.49. The van der Waals surface area contributed by atoms with Crippen molar-refractivity contribution in [2.75, 3.05) is 13.2 Å². The van der Waals surface area contributed by atoms with Gasteiger partial charge in [0, 0.05) is 12.1 Å². The molecule has 0 saturated carbocycles. The van der Waals surface area contributed by atoms with Crippen LogP contribution in [0.15, 0.2) is 18.2 Å². The summed E-state index contributed by atoms with van der Waals surface area (Å²) >= 11 is 0. The van der Waals surface area contributed by atoms with Gasteiger partial charge in [0.05, 0.1) is 5.56 Å². The van der Waals surface area contributed by atoms with Gasteiger partial charge in [-0.15, -0.1) is 0 Å². The Morgan fingerprint density at radius 2 is 1.84 bits per heavy atom. The lowest BCUT2D eigenvalue weighted by Gasteiger charge is -2.10. The fourth-order valence-corrected chi connectivity index (χ4v) is 1.58. The standard InChI is InChI=1S/C15H17F2N3O5/c1-8(2)19-15(24)20-12(21)7-25-13(22)6-18-14(23)10-4-3-9(16)5-11(10)17/h3-5,8H,6-7H2,1-2H3,(H,18,23)(H2,19,20,21,24). The van der Waals surface area contributed by atoms with Crippen molar-refractivity contribution in [3.63, 3.8) is 0 Å². The predicted molar refractivity (Wildman–Crippen MR) is 81.5 cm³/mol. The first kappa shape index (κ1) is 20.0. The van der Waals surface area contributed by atoms with E-state index in [1.54, 1.807) is 13.8 Å². The number of hydrogen-bond donors (Lipinski definition) is 3. The third-order valence-electron chi connectivity index (χ3n) is 2.61. The maximum absolute atomic E-state index is 13.4. The molecule has 0 aromatic heterocycles. The van der Waals surface area contributed by atoms with Crippen molar-refractivity contribution in [2.24, 2.45) is 0 Å². The van der Waals surface area contributed by atoms with Crippen LogP contribution in [-0.4, -0.2) is 43.0 Å². The highest BCUT2D eigenvalue weighted by Gasteiger charge is 2.15. The molecule has 0 unspecified atom stereocenters. The van der Waals surface area contributed by atoms with Crippen LogP contribution in [0.1, 0.15) is 24.2 Å². The molecule has 0 saturated heterocycles. The summed E-state index contributed by atoms with van der Waals surface area (Å²) < 4.78 is 30.7. The number of carbonyl (C=O) groups excluding carboxylic acids is 4. The van der Waals surface area contributed by atoms with Crippen LogP contribution in [0.4, 0.5) is 13.6 Å². The Kier molecular flexibility index (Phi) is 7.44. The van der Waals surface area contributed by atoms with Crippen molar-refractivity contribution in [2.45, 2.75) is 19.9 Å². The normalized spacial score (nSPS) is 10.1. The Labute approximate surface area is 141 Å². The molecule has 3 N–H and O–H groups in total. The fourth-order valence-electron chi connectivity index (χ4n) is 1.58. The van der Waals surface area contributed by atoms with E-state index >= 15 is 0 Å². The first-order chi connectivity index (χ1) is 11.7. The molecule has 0 radical (unpaired) electrons. The Balaban J connectivity index is 2.36. The monoisotopic (exact) mass is 357 g/mol. The molecule has 1 aromatic carbocycles. The largest absolute Gasteiger partial charge is 0.454 e. The summed E-state index contributed by atoms with van der Waals surface area (Å²) in [5, 5.41) is 6.39. The molecule has 1 rings (SSSR count). The van der Waals surface area contributed by atoms with Gasteiger partial charge in [0.25, 0.3) is 11.8 Å². The van der Waals surface area contributed by atoms with Gasteiger partial charge in [0.2, 0.25) is 0 Å². The van der Waals surface area contributed by atoms with E-state index in [0.717, 1.165) is 12.1 Å². The molecular weight excluding hydrogens is 340 g/mol. The zero-order chi connectivity index (χ0) is 19.0. The number of hydrogen-bond acceptors (Lipinski definition) is 5. The lowest BCUT2D eigenvalue weighted by molar-refractivity contribution is -0.147. The van der Waals surface area contributed by atoms with Gasteiger partial charge >= 0.3 is 12.0 Å². The van der Waals surface area contributed by atoms with Crippen LogP contribution in [0.3, 0.4) is 0 Å². The molecule has 0 heterocycles. The van der Waals surface area contributed by atoms with Crippen molar-refractivity contribution in [3.8, 4) is 0 Å². The number of halogens is 2. The summed E-state index contributed by atoms with van der Waals surface area (Å²) in [4.78, 5) is 45.7. The fraction of sp³-hybridized carbons (Fsp3) is 0.333. The molecule has 10 heteroatoms. The SMILES string of the molecule is CC(C)NC(=O)NC(=O)COC(=O)CNC(=O)c1ccc(F)cc1F. The van der Waals surface area contributed by atoms with Crippen molar-refractivity contribution < 1.29 is 32.7 Å². The second kappa shape index (κ2) is 9.30. The number of benzene rings is 1. The average molecular weight is 357 g/mol.